The summed E-state index contributed by atoms with van der Waals surface area (Å²) < 4.78 is 5.18. The maximum atomic E-state index is 11.5. The lowest BCUT2D eigenvalue weighted by molar-refractivity contribution is -0.151. The lowest BCUT2D eigenvalue weighted by Crippen LogP contribution is -2.45. The molecule has 0 aromatic carbocycles. The van der Waals surface area contributed by atoms with Crippen molar-refractivity contribution in [1.82, 2.24) is 5.32 Å². The zero-order valence-corrected chi connectivity index (χ0v) is 11.2. The molecule has 0 saturated heterocycles. The number of aliphatic carboxylic acids is 1. The van der Waals surface area contributed by atoms with E-state index in [1.807, 2.05) is 13.8 Å². The zero-order chi connectivity index (χ0) is 13.6. The van der Waals surface area contributed by atoms with Crippen molar-refractivity contribution in [2.75, 3.05) is 13.2 Å². The summed E-state index contributed by atoms with van der Waals surface area (Å²) in [6, 6.07) is 0. The number of carboxylic acid groups (broad SMARTS) is 1. The highest BCUT2D eigenvalue weighted by molar-refractivity contribution is 5.79. The number of amides is 1. The minimum atomic E-state index is -0.799. The first-order chi connectivity index (χ1) is 8.46. The largest absolute Gasteiger partial charge is 0.481 e. The second-order valence-electron chi connectivity index (χ2n) is 5.28. The summed E-state index contributed by atoms with van der Waals surface area (Å²) in [7, 11) is 0. The summed E-state index contributed by atoms with van der Waals surface area (Å²) in [4.78, 5) is 22.9. The van der Waals surface area contributed by atoms with E-state index in [0.717, 1.165) is 19.3 Å². The van der Waals surface area contributed by atoms with E-state index in [1.54, 1.807) is 0 Å². The van der Waals surface area contributed by atoms with Crippen LogP contribution in [0.1, 0.15) is 46.0 Å². The second-order valence-corrected chi connectivity index (χ2v) is 5.28. The fourth-order valence-electron chi connectivity index (χ4n) is 2.26. The first kappa shape index (κ1) is 15.0. The Bertz CT molecular complexity index is 295. The minimum Gasteiger partial charge on any atom is -0.481 e. The number of nitrogens with one attached hydrogen (secondary N) is 1. The SMILES string of the molecule is CC(C)OCC(=O)NCC1(C(=O)O)CCCCC1. The Morgan fingerprint density at radius 1 is 1.28 bits per heavy atom. The van der Waals surface area contributed by atoms with E-state index in [4.69, 9.17) is 4.74 Å². The van der Waals surface area contributed by atoms with Gasteiger partial charge in [0.05, 0.1) is 11.5 Å². The fourth-order valence-corrected chi connectivity index (χ4v) is 2.26. The van der Waals surface area contributed by atoms with Gasteiger partial charge in [-0.05, 0) is 26.7 Å². The van der Waals surface area contributed by atoms with Gasteiger partial charge in [0.1, 0.15) is 6.61 Å². The Morgan fingerprint density at radius 2 is 1.89 bits per heavy atom. The number of carbonyl (C=O) groups is 2. The molecule has 1 amide bonds. The third kappa shape index (κ3) is 4.29. The van der Waals surface area contributed by atoms with Crippen LogP contribution in [-0.4, -0.2) is 36.2 Å². The van der Waals surface area contributed by atoms with Crippen LogP contribution in [0.25, 0.3) is 0 Å². The van der Waals surface area contributed by atoms with Gasteiger partial charge in [0, 0.05) is 6.54 Å². The first-order valence-corrected chi connectivity index (χ1v) is 6.58. The van der Waals surface area contributed by atoms with Gasteiger partial charge < -0.3 is 15.2 Å². The van der Waals surface area contributed by atoms with Gasteiger partial charge in [0.25, 0.3) is 0 Å². The maximum absolute atomic E-state index is 11.5. The van der Waals surface area contributed by atoms with Gasteiger partial charge in [-0.1, -0.05) is 19.3 Å². The predicted octanol–water partition coefficient (Wildman–Crippen LogP) is 1.56. The first-order valence-electron chi connectivity index (χ1n) is 6.58. The number of hydrogen-bond donors (Lipinski definition) is 2. The molecule has 18 heavy (non-hydrogen) atoms. The van der Waals surface area contributed by atoms with Gasteiger partial charge in [-0.25, -0.2) is 0 Å². The van der Waals surface area contributed by atoms with E-state index in [0.29, 0.717) is 12.8 Å². The van der Waals surface area contributed by atoms with Gasteiger partial charge in [-0.3, -0.25) is 9.59 Å². The third-order valence-corrected chi connectivity index (χ3v) is 3.44. The highest BCUT2D eigenvalue weighted by atomic mass is 16.5. The summed E-state index contributed by atoms with van der Waals surface area (Å²) in [5.74, 6) is -1.04. The van der Waals surface area contributed by atoms with Crippen molar-refractivity contribution in [3.63, 3.8) is 0 Å². The summed E-state index contributed by atoms with van der Waals surface area (Å²) >= 11 is 0. The molecule has 0 atom stereocenters. The molecule has 2 N–H and O–H groups in total. The molecule has 1 rings (SSSR count). The van der Waals surface area contributed by atoms with E-state index in [-0.39, 0.29) is 25.2 Å². The summed E-state index contributed by atoms with van der Waals surface area (Å²) in [5.41, 5.74) is -0.772. The molecule has 0 spiro atoms. The van der Waals surface area contributed by atoms with Gasteiger partial charge in [-0.2, -0.15) is 0 Å². The molecule has 0 heterocycles. The highest BCUT2D eigenvalue weighted by Gasteiger charge is 2.39. The second kappa shape index (κ2) is 6.73. The van der Waals surface area contributed by atoms with Crippen molar-refractivity contribution >= 4 is 11.9 Å². The Kier molecular flexibility index (Phi) is 5.59. The van der Waals surface area contributed by atoms with Gasteiger partial charge in [-0.15, -0.1) is 0 Å². The molecule has 0 aromatic heterocycles. The lowest BCUT2D eigenvalue weighted by atomic mass is 9.74. The van der Waals surface area contributed by atoms with Crippen LogP contribution in [0.5, 0.6) is 0 Å². The van der Waals surface area contributed by atoms with Crippen LogP contribution < -0.4 is 5.32 Å². The Morgan fingerprint density at radius 3 is 2.39 bits per heavy atom. The molecular weight excluding hydrogens is 234 g/mol. The predicted molar refractivity (Wildman–Crippen MR) is 67.3 cm³/mol. The zero-order valence-electron chi connectivity index (χ0n) is 11.2. The molecule has 0 bridgehead atoms. The van der Waals surface area contributed by atoms with Gasteiger partial charge in [0.2, 0.25) is 5.91 Å². The van der Waals surface area contributed by atoms with Crippen LogP contribution >= 0.6 is 0 Å². The van der Waals surface area contributed by atoms with Gasteiger partial charge >= 0.3 is 5.97 Å². The molecule has 1 aliphatic rings. The van der Waals surface area contributed by atoms with E-state index < -0.39 is 11.4 Å². The molecular formula is C13H23NO4. The molecule has 0 radical (unpaired) electrons. The van der Waals surface area contributed by atoms with Crippen molar-refractivity contribution in [1.29, 1.82) is 0 Å². The monoisotopic (exact) mass is 257 g/mol. The van der Waals surface area contributed by atoms with E-state index in [1.165, 1.54) is 0 Å². The van der Waals surface area contributed by atoms with E-state index in [2.05, 4.69) is 5.32 Å². The summed E-state index contributed by atoms with van der Waals surface area (Å²) in [6.45, 7) is 3.91. The molecule has 0 aliphatic heterocycles. The molecule has 5 nitrogen and oxygen atoms in total. The molecule has 0 aromatic rings. The van der Waals surface area contributed by atoms with E-state index >= 15 is 0 Å². The van der Waals surface area contributed by atoms with Crippen LogP contribution in [0.15, 0.2) is 0 Å². The van der Waals surface area contributed by atoms with Crippen LogP contribution in [0, 0.1) is 5.41 Å². The van der Waals surface area contributed by atoms with E-state index in [9.17, 15) is 14.7 Å². The lowest BCUT2D eigenvalue weighted by Gasteiger charge is -2.33. The number of carbonyl (C=O) groups excluding carboxylic acids is 1. The molecule has 1 aliphatic carbocycles. The minimum absolute atomic E-state index is 0.00105. The Hall–Kier alpha value is -1.10. The van der Waals surface area contributed by atoms with Crippen LogP contribution in [0.2, 0.25) is 0 Å². The third-order valence-electron chi connectivity index (χ3n) is 3.44. The number of carboxylic acids is 1. The van der Waals surface area contributed by atoms with Crippen LogP contribution in [0.4, 0.5) is 0 Å². The molecule has 0 unspecified atom stereocenters. The van der Waals surface area contributed by atoms with Crippen LogP contribution in [-0.2, 0) is 14.3 Å². The highest BCUT2D eigenvalue weighted by Crippen LogP contribution is 2.35. The molecule has 104 valence electrons. The van der Waals surface area contributed by atoms with Crippen molar-refractivity contribution in [2.24, 2.45) is 5.41 Å². The topological polar surface area (TPSA) is 75.6 Å². The molecule has 1 saturated carbocycles. The van der Waals surface area contributed by atoms with Crippen molar-refractivity contribution < 1.29 is 19.4 Å². The normalized spacial score (nSPS) is 18.6. The quantitative estimate of drug-likeness (QED) is 0.757. The van der Waals surface area contributed by atoms with Crippen LogP contribution in [0.3, 0.4) is 0 Å². The standard InChI is InChI=1S/C13H23NO4/c1-10(2)18-8-11(15)14-9-13(12(16)17)6-4-3-5-7-13/h10H,3-9H2,1-2H3,(H,14,15)(H,16,17). The average molecular weight is 257 g/mol. The van der Waals surface area contributed by atoms with Crippen molar-refractivity contribution in [2.45, 2.75) is 52.1 Å². The van der Waals surface area contributed by atoms with Gasteiger partial charge in [0.15, 0.2) is 0 Å². The maximum Gasteiger partial charge on any atom is 0.311 e. The fraction of sp³-hybridized carbons (Fsp3) is 0.846. The molecule has 1 fully saturated rings. The summed E-state index contributed by atoms with van der Waals surface area (Å²) in [6.07, 6.45) is 4.22. The van der Waals surface area contributed by atoms with Crippen molar-refractivity contribution in [3.8, 4) is 0 Å². The number of hydrogen-bond acceptors (Lipinski definition) is 3. The van der Waals surface area contributed by atoms with Crippen molar-refractivity contribution in [3.05, 3.63) is 0 Å². The smallest absolute Gasteiger partial charge is 0.311 e. The molecule has 5 heteroatoms. The summed E-state index contributed by atoms with van der Waals surface area (Å²) in [5, 5.41) is 12.0. The Labute approximate surface area is 108 Å². The number of ether oxygens (including phenoxy) is 1. The number of rotatable bonds is 6. The Balaban J connectivity index is 2.42. The average Bonchev–Trinajstić information content (AvgIpc) is 2.34.